The van der Waals surface area contributed by atoms with Gasteiger partial charge in [0.15, 0.2) is 5.96 Å². The first kappa shape index (κ1) is 32.6. The standard InChI is InChI=1S/C22H41N7O7/c1-11(2)8-13(23)18(32)27-14(6-5-7-26-22(24)25)19(33)28-15(10-17(30)31)20(34)29-16(21(35)36)9-12(3)4/h11-16H,5-10,23H2,1-4H3,(H,27,32)(H,28,33)(H,29,34)(H,30,31)(H,35,36)(H4,24,25,26). The zero-order chi connectivity index (χ0) is 28.0. The summed E-state index contributed by atoms with van der Waals surface area (Å²) in [5, 5.41) is 25.7. The molecule has 0 heterocycles. The molecule has 4 atom stereocenters. The van der Waals surface area contributed by atoms with E-state index < -0.39 is 60.2 Å². The average Bonchev–Trinajstić information content (AvgIpc) is 2.73. The lowest BCUT2D eigenvalue weighted by Crippen LogP contribution is -2.57. The lowest BCUT2D eigenvalue weighted by molar-refractivity contribution is -0.144. The number of carbonyl (C=O) groups is 5. The van der Waals surface area contributed by atoms with Crippen molar-refractivity contribution in [3.8, 4) is 0 Å². The van der Waals surface area contributed by atoms with Crippen molar-refractivity contribution in [2.45, 2.75) is 84.0 Å². The van der Waals surface area contributed by atoms with Crippen molar-refractivity contribution in [2.75, 3.05) is 6.54 Å². The number of aliphatic carboxylic acids is 2. The Bertz CT molecular complexity index is 798. The van der Waals surface area contributed by atoms with E-state index in [1.54, 1.807) is 13.8 Å². The van der Waals surface area contributed by atoms with Gasteiger partial charge in [-0.2, -0.15) is 0 Å². The molecule has 0 aromatic heterocycles. The Kier molecular flexibility index (Phi) is 14.7. The monoisotopic (exact) mass is 515 g/mol. The van der Waals surface area contributed by atoms with Gasteiger partial charge in [-0.05, 0) is 37.5 Å². The highest BCUT2D eigenvalue weighted by Gasteiger charge is 2.31. The highest BCUT2D eigenvalue weighted by molar-refractivity contribution is 5.95. The summed E-state index contributed by atoms with van der Waals surface area (Å²) >= 11 is 0. The second kappa shape index (κ2) is 16.3. The summed E-state index contributed by atoms with van der Waals surface area (Å²) in [4.78, 5) is 64.9. The van der Waals surface area contributed by atoms with Crippen LogP contribution in [0, 0.1) is 11.8 Å². The van der Waals surface area contributed by atoms with Gasteiger partial charge in [0.05, 0.1) is 12.5 Å². The molecule has 0 saturated carbocycles. The van der Waals surface area contributed by atoms with Gasteiger partial charge < -0.3 is 43.4 Å². The molecule has 0 aromatic carbocycles. The molecule has 0 radical (unpaired) electrons. The normalized spacial score (nSPS) is 14.3. The van der Waals surface area contributed by atoms with E-state index in [0.29, 0.717) is 6.42 Å². The van der Waals surface area contributed by atoms with Crippen LogP contribution in [0.15, 0.2) is 4.99 Å². The number of nitrogens with two attached hydrogens (primary N) is 3. The summed E-state index contributed by atoms with van der Waals surface area (Å²) in [5.74, 6) is -5.17. The fraction of sp³-hybridized carbons (Fsp3) is 0.727. The minimum absolute atomic E-state index is 0.0647. The van der Waals surface area contributed by atoms with Crippen LogP contribution in [0.25, 0.3) is 0 Å². The van der Waals surface area contributed by atoms with Crippen LogP contribution in [0.5, 0.6) is 0 Å². The van der Waals surface area contributed by atoms with E-state index in [1.165, 1.54) is 0 Å². The number of carboxylic acid groups (broad SMARTS) is 2. The fourth-order valence-corrected chi connectivity index (χ4v) is 3.29. The van der Waals surface area contributed by atoms with Crippen molar-refractivity contribution in [1.82, 2.24) is 16.0 Å². The maximum atomic E-state index is 13.0. The zero-order valence-corrected chi connectivity index (χ0v) is 21.3. The minimum atomic E-state index is -1.58. The molecule has 3 amide bonds. The van der Waals surface area contributed by atoms with Crippen molar-refractivity contribution in [3.05, 3.63) is 0 Å². The van der Waals surface area contributed by atoms with Crippen LogP contribution in [-0.4, -0.2) is 76.5 Å². The molecule has 0 fully saturated rings. The second-order valence-corrected chi connectivity index (χ2v) is 9.43. The summed E-state index contributed by atoms with van der Waals surface area (Å²) in [6, 6.07) is -4.90. The molecule has 206 valence electrons. The molecule has 0 aliphatic heterocycles. The third kappa shape index (κ3) is 14.1. The Morgan fingerprint density at radius 1 is 0.778 bits per heavy atom. The SMILES string of the molecule is CC(C)CC(N)C(=O)NC(CCCN=C(N)N)C(=O)NC(CC(=O)O)C(=O)NC(CC(C)C)C(=O)O. The Balaban J connectivity index is 5.63. The molecule has 0 rings (SSSR count). The topological polar surface area (TPSA) is 252 Å². The summed E-state index contributed by atoms with van der Waals surface area (Å²) in [6.07, 6.45) is 0.0139. The number of carbonyl (C=O) groups excluding carboxylic acids is 3. The van der Waals surface area contributed by atoms with E-state index in [1.807, 2.05) is 13.8 Å². The molecule has 0 spiro atoms. The van der Waals surface area contributed by atoms with Crippen LogP contribution in [0.3, 0.4) is 0 Å². The largest absolute Gasteiger partial charge is 0.481 e. The number of amides is 3. The van der Waals surface area contributed by atoms with Crippen LogP contribution in [0.4, 0.5) is 0 Å². The van der Waals surface area contributed by atoms with Crippen molar-refractivity contribution in [1.29, 1.82) is 0 Å². The van der Waals surface area contributed by atoms with Crippen molar-refractivity contribution in [3.63, 3.8) is 0 Å². The quantitative estimate of drug-likeness (QED) is 0.0630. The second-order valence-electron chi connectivity index (χ2n) is 9.43. The van der Waals surface area contributed by atoms with E-state index in [-0.39, 0.29) is 43.6 Å². The Morgan fingerprint density at radius 2 is 1.28 bits per heavy atom. The summed E-state index contributed by atoms with van der Waals surface area (Å²) < 4.78 is 0. The van der Waals surface area contributed by atoms with Gasteiger partial charge in [-0.3, -0.25) is 24.2 Å². The molecule has 0 bridgehead atoms. The van der Waals surface area contributed by atoms with Crippen molar-refractivity contribution in [2.24, 2.45) is 34.0 Å². The number of hydrogen-bond donors (Lipinski definition) is 8. The van der Waals surface area contributed by atoms with Crippen LogP contribution in [0.2, 0.25) is 0 Å². The van der Waals surface area contributed by atoms with Crippen LogP contribution >= 0.6 is 0 Å². The van der Waals surface area contributed by atoms with E-state index in [0.717, 1.165) is 0 Å². The minimum Gasteiger partial charge on any atom is -0.481 e. The third-order valence-corrected chi connectivity index (χ3v) is 4.97. The molecular formula is C22H41N7O7. The number of aliphatic imine (C=N–C) groups is 1. The molecule has 11 N–H and O–H groups in total. The molecule has 4 unspecified atom stereocenters. The molecule has 0 aliphatic carbocycles. The maximum absolute atomic E-state index is 13.0. The number of guanidine groups is 1. The van der Waals surface area contributed by atoms with Gasteiger partial charge in [-0.1, -0.05) is 27.7 Å². The number of carboxylic acids is 2. The summed E-state index contributed by atoms with van der Waals surface area (Å²) in [5.41, 5.74) is 16.5. The molecule has 14 heteroatoms. The highest BCUT2D eigenvalue weighted by atomic mass is 16.4. The molecule has 0 saturated heterocycles. The molecular weight excluding hydrogens is 474 g/mol. The number of nitrogens with one attached hydrogen (secondary N) is 3. The Morgan fingerprint density at radius 3 is 1.75 bits per heavy atom. The van der Waals surface area contributed by atoms with E-state index in [9.17, 15) is 34.2 Å². The van der Waals surface area contributed by atoms with Gasteiger partial charge in [-0.25, -0.2) is 4.79 Å². The van der Waals surface area contributed by atoms with E-state index >= 15 is 0 Å². The van der Waals surface area contributed by atoms with Crippen molar-refractivity contribution >= 4 is 35.6 Å². The van der Waals surface area contributed by atoms with Gasteiger partial charge in [-0.15, -0.1) is 0 Å². The van der Waals surface area contributed by atoms with Gasteiger partial charge in [0.2, 0.25) is 17.7 Å². The number of rotatable bonds is 17. The maximum Gasteiger partial charge on any atom is 0.326 e. The molecule has 0 aromatic rings. The Hall–Kier alpha value is -3.42. The van der Waals surface area contributed by atoms with Gasteiger partial charge in [0, 0.05) is 6.54 Å². The van der Waals surface area contributed by atoms with Gasteiger partial charge in [0.1, 0.15) is 18.1 Å². The first-order chi connectivity index (χ1) is 16.6. The van der Waals surface area contributed by atoms with Crippen LogP contribution < -0.4 is 33.2 Å². The fourth-order valence-electron chi connectivity index (χ4n) is 3.29. The molecule has 0 aliphatic rings. The summed E-state index contributed by atoms with van der Waals surface area (Å²) in [6.45, 7) is 7.45. The van der Waals surface area contributed by atoms with Crippen LogP contribution in [-0.2, 0) is 24.0 Å². The number of hydrogen-bond acceptors (Lipinski definition) is 7. The average molecular weight is 516 g/mol. The number of nitrogens with zero attached hydrogens (tertiary/aromatic N) is 1. The van der Waals surface area contributed by atoms with Gasteiger partial charge in [0.25, 0.3) is 0 Å². The smallest absolute Gasteiger partial charge is 0.326 e. The van der Waals surface area contributed by atoms with Gasteiger partial charge >= 0.3 is 11.9 Å². The van der Waals surface area contributed by atoms with E-state index in [2.05, 4.69) is 20.9 Å². The van der Waals surface area contributed by atoms with Crippen LogP contribution in [0.1, 0.15) is 59.8 Å². The lowest BCUT2D eigenvalue weighted by Gasteiger charge is -2.25. The molecule has 14 nitrogen and oxygen atoms in total. The Labute approximate surface area is 210 Å². The lowest BCUT2D eigenvalue weighted by atomic mass is 10.0. The third-order valence-electron chi connectivity index (χ3n) is 4.97. The first-order valence-electron chi connectivity index (χ1n) is 11.8. The van der Waals surface area contributed by atoms with Crippen molar-refractivity contribution < 1.29 is 34.2 Å². The zero-order valence-electron chi connectivity index (χ0n) is 21.3. The predicted octanol–water partition coefficient (Wildman–Crippen LogP) is -1.53. The predicted molar refractivity (Wildman–Crippen MR) is 132 cm³/mol. The highest BCUT2D eigenvalue weighted by Crippen LogP contribution is 2.08. The van der Waals surface area contributed by atoms with E-state index in [4.69, 9.17) is 17.2 Å². The molecule has 36 heavy (non-hydrogen) atoms. The first-order valence-corrected chi connectivity index (χ1v) is 11.8. The summed E-state index contributed by atoms with van der Waals surface area (Å²) in [7, 11) is 0.